The van der Waals surface area contributed by atoms with E-state index in [0.717, 1.165) is 6.42 Å². The largest absolute Gasteiger partial charge is 0.352 e. The maximum Gasteiger partial charge on any atom is 0.251 e. The number of nitrogens with two attached hydrogens (primary N) is 1. The molecule has 1 aromatic carbocycles. The van der Waals surface area contributed by atoms with Gasteiger partial charge < -0.3 is 5.32 Å². The molecule has 0 aliphatic carbocycles. The number of hydrogen-bond acceptors (Lipinski definition) is 3. The lowest BCUT2D eigenvalue weighted by atomic mass is 10.1. The molecule has 0 aliphatic heterocycles. The van der Waals surface area contributed by atoms with Crippen LogP contribution in [0.25, 0.3) is 0 Å². The first-order chi connectivity index (χ1) is 8.27. The van der Waals surface area contributed by atoms with Crippen LogP contribution < -0.4 is 10.5 Å². The Morgan fingerprint density at radius 2 is 2.06 bits per heavy atom. The standard InChI is InChI=1S/C11H15ClN2O3S/c1-3-4-14-11(15)8-5-7(2)10(12)9(6-8)18(13,16)17/h5-6H,3-4H2,1-2H3,(H,14,15)(H2,13,16,17). The van der Waals surface area contributed by atoms with E-state index in [1.165, 1.54) is 12.1 Å². The highest BCUT2D eigenvalue weighted by atomic mass is 35.5. The van der Waals surface area contributed by atoms with Crippen LogP contribution in [-0.2, 0) is 10.0 Å². The van der Waals surface area contributed by atoms with Gasteiger partial charge in [0.15, 0.2) is 0 Å². The summed E-state index contributed by atoms with van der Waals surface area (Å²) in [5.74, 6) is -0.346. The van der Waals surface area contributed by atoms with Crippen LogP contribution in [0, 0.1) is 6.92 Å². The van der Waals surface area contributed by atoms with Gasteiger partial charge in [-0.1, -0.05) is 18.5 Å². The van der Waals surface area contributed by atoms with Crippen LogP contribution in [0.3, 0.4) is 0 Å². The highest BCUT2D eigenvalue weighted by molar-refractivity contribution is 7.89. The van der Waals surface area contributed by atoms with Gasteiger partial charge in [0.2, 0.25) is 10.0 Å². The lowest BCUT2D eigenvalue weighted by Crippen LogP contribution is -2.24. The predicted molar refractivity (Wildman–Crippen MR) is 70.2 cm³/mol. The summed E-state index contributed by atoms with van der Waals surface area (Å²) in [6.45, 7) is 4.06. The number of rotatable bonds is 4. The highest BCUT2D eigenvalue weighted by Crippen LogP contribution is 2.25. The number of nitrogens with one attached hydrogen (secondary N) is 1. The minimum Gasteiger partial charge on any atom is -0.352 e. The molecule has 0 aliphatic rings. The molecule has 5 nitrogen and oxygen atoms in total. The second-order valence-corrected chi connectivity index (χ2v) is 5.81. The fourth-order valence-corrected chi connectivity index (χ4v) is 2.55. The van der Waals surface area contributed by atoms with E-state index in [1.807, 2.05) is 6.92 Å². The molecule has 0 unspecified atom stereocenters. The van der Waals surface area contributed by atoms with Crippen molar-refractivity contribution in [1.29, 1.82) is 0 Å². The van der Waals surface area contributed by atoms with Gasteiger partial charge in [0, 0.05) is 12.1 Å². The molecular formula is C11H15ClN2O3S. The first-order valence-corrected chi connectivity index (χ1v) is 7.31. The summed E-state index contributed by atoms with van der Waals surface area (Å²) >= 11 is 5.87. The molecular weight excluding hydrogens is 276 g/mol. The highest BCUT2D eigenvalue weighted by Gasteiger charge is 2.18. The van der Waals surface area contributed by atoms with Crippen molar-refractivity contribution in [2.45, 2.75) is 25.2 Å². The van der Waals surface area contributed by atoms with Crippen LogP contribution >= 0.6 is 11.6 Å². The van der Waals surface area contributed by atoms with Crippen molar-refractivity contribution in [3.8, 4) is 0 Å². The molecule has 100 valence electrons. The number of hydrogen-bond donors (Lipinski definition) is 2. The Balaban J connectivity index is 3.25. The Labute approximate surface area is 111 Å². The minimum atomic E-state index is -3.94. The molecule has 0 atom stereocenters. The van der Waals surface area contributed by atoms with E-state index in [-0.39, 0.29) is 21.4 Å². The molecule has 1 rings (SSSR count). The van der Waals surface area contributed by atoms with Crippen LogP contribution in [0.15, 0.2) is 17.0 Å². The van der Waals surface area contributed by atoms with E-state index in [0.29, 0.717) is 12.1 Å². The lowest BCUT2D eigenvalue weighted by Gasteiger charge is -2.09. The fraction of sp³-hybridized carbons (Fsp3) is 0.364. The van der Waals surface area contributed by atoms with Crippen molar-refractivity contribution in [2.75, 3.05) is 6.54 Å². The summed E-state index contributed by atoms with van der Waals surface area (Å²) in [7, 11) is -3.94. The van der Waals surface area contributed by atoms with Gasteiger partial charge in [-0.05, 0) is 31.0 Å². The van der Waals surface area contributed by atoms with Gasteiger partial charge in [-0.25, -0.2) is 13.6 Å². The molecule has 0 aromatic heterocycles. The van der Waals surface area contributed by atoms with Crippen LogP contribution in [0.1, 0.15) is 29.3 Å². The third-order valence-corrected chi connectivity index (χ3v) is 3.87. The molecule has 0 radical (unpaired) electrons. The van der Waals surface area contributed by atoms with Crippen LogP contribution in [-0.4, -0.2) is 20.9 Å². The molecule has 1 aromatic rings. The van der Waals surface area contributed by atoms with Crippen molar-refractivity contribution < 1.29 is 13.2 Å². The molecule has 0 saturated carbocycles. The van der Waals surface area contributed by atoms with E-state index >= 15 is 0 Å². The molecule has 0 saturated heterocycles. The molecule has 0 spiro atoms. The van der Waals surface area contributed by atoms with Crippen LogP contribution in [0.5, 0.6) is 0 Å². The first kappa shape index (κ1) is 14.9. The maximum absolute atomic E-state index is 11.8. The number of halogens is 1. The number of primary sulfonamides is 1. The number of sulfonamides is 1. The van der Waals surface area contributed by atoms with Gasteiger partial charge >= 0.3 is 0 Å². The molecule has 0 fully saturated rings. The average Bonchev–Trinajstić information content (AvgIpc) is 2.27. The maximum atomic E-state index is 11.8. The average molecular weight is 291 g/mol. The Bertz CT molecular complexity index is 570. The zero-order valence-corrected chi connectivity index (χ0v) is 11.7. The zero-order valence-electron chi connectivity index (χ0n) is 10.2. The van der Waals surface area contributed by atoms with Gasteiger partial charge in [-0.15, -0.1) is 0 Å². The third kappa shape index (κ3) is 3.44. The van der Waals surface area contributed by atoms with Crippen molar-refractivity contribution in [3.05, 3.63) is 28.3 Å². The summed E-state index contributed by atoms with van der Waals surface area (Å²) < 4.78 is 22.7. The number of amides is 1. The van der Waals surface area contributed by atoms with Gasteiger partial charge in [-0.3, -0.25) is 4.79 Å². The topological polar surface area (TPSA) is 89.3 Å². The number of benzene rings is 1. The number of carbonyl (C=O) groups excluding carboxylic acids is 1. The smallest absolute Gasteiger partial charge is 0.251 e. The second kappa shape index (κ2) is 5.69. The molecule has 3 N–H and O–H groups in total. The van der Waals surface area contributed by atoms with Crippen molar-refractivity contribution in [3.63, 3.8) is 0 Å². The molecule has 7 heteroatoms. The summed E-state index contributed by atoms with van der Waals surface area (Å²) in [5.41, 5.74) is 0.721. The van der Waals surface area contributed by atoms with E-state index < -0.39 is 10.0 Å². The predicted octanol–water partition coefficient (Wildman–Crippen LogP) is 1.44. The fourth-order valence-electron chi connectivity index (χ4n) is 1.42. The number of aryl methyl sites for hydroxylation is 1. The van der Waals surface area contributed by atoms with E-state index in [2.05, 4.69) is 5.32 Å². The third-order valence-electron chi connectivity index (χ3n) is 2.33. The summed E-state index contributed by atoms with van der Waals surface area (Å²) in [5, 5.41) is 7.75. The number of carbonyl (C=O) groups is 1. The van der Waals surface area contributed by atoms with E-state index in [4.69, 9.17) is 16.7 Å². The Morgan fingerprint density at radius 3 is 2.56 bits per heavy atom. The van der Waals surface area contributed by atoms with E-state index in [1.54, 1.807) is 6.92 Å². The molecule has 0 bridgehead atoms. The van der Waals surface area contributed by atoms with Gasteiger partial charge in [0.25, 0.3) is 5.91 Å². The van der Waals surface area contributed by atoms with Gasteiger partial charge in [-0.2, -0.15) is 0 Å². The normalized spacial score (nSPS) is 11.3. The first-order valence-electron chi connectivity index (χ1n) is 5.38. The molecule has 1 amide bonds. The SMILES string of the molecule is CCCNC(=O)c1cc(C)c(Cl)c(S(N)(=O)=O)c1. The van der Waals surface area contributed by atoms with Crippen molar-refractivity contribution in [2.24, 2.45) is 5.14 Å². The van der Waals surface area contributed by atoms with Crippen molar-refractivity contribution >= 4 is 27.5 Å². The summed E-state index contributed by atoms with van der Waals surface area (Å²) in [6, 6.07) is 2.72. The van der Waals surface area contributed by atoms with E-state index in [9.17, 15) is 13.2 Å². The summed E-state index contributed by atoms with van der Waals surface area (Å²) in [6.07, 6.45) is 0.792. The molecule has 0 heterocycles. The summed E-state index contributed by atoms with van der Waals surface area (Å²) in [4.78, 5) is 11.5. The van der Waals surface area contributed by atoms with Gasteiger partial charge in [0.05, 0.1) is 5.02 Å². The quantitative estimate of drug-likeness (QED) is 0.879. The minimum absolute atomic E-state index is 0.0459. The molecule has 18 heavy (non-hydrogen) atoms. The Morgan fingerprint density at radius 1 is 1.44 bits per heavy atom. The Kier molecular flexibility index (Phi) is 4.72. The monoisotopic (exact) mass is 290 g/mol. The Hall–Kier alpha value is -1.11. The van der Waals surface area contributed by atoms with Gasteiger partial charge in [0.1, 0.15) is 4.90 Å². The van der Waals surface area contributed by atoms with Crippen molar-refractivity contribution in [1.82, 2.24) is 5.32 Å². The van der Waals surface area contributed by atoms with Crippen LogP contribution in [0.4, 0.5) is 0 Å². The zero-order chi connectivity index (χ0) is 13.9. The second-order valence-electron chi connectivity index (χ2n) is 3.91. The van der Waals surface area contributed by atoms with Crippen LogP contribution in [0.2, 0.25) is 5.02 Å². The lowest BCUT2D eigenvalue weighted by molar-refractivity contribution is 0.0953.